The number of benzene rings is 2. The lowest BCUT2D eigenvalue weighted by atomic mass is 10.0. The third kappa shape index (κ3) is 6.08. The molecule has 0 spiro atoms. The van der Waals surface area contributed by atoms with Gasteiger partial charge in [-0.05, 0) is 61.7 Å². The molecule has 1 saturated heterocycles. The summed E-state index contributed by atoms with van der Waals surface area (Å²) in [5.74, 6) is 2.41. The lowest BCUT2D eigenvalue weighted by molar-refractivity contribution is -0.125. The van der Waals surface area contributed by atoms with E-state index in [1.165, 1.54) is 6.08 Å². The Hall–Kier alpha value is -4.04. The maximum atomic E-state index is 12.0. The molecule has 2 heterocycles. The maximum absolute atomic E-state index is 12.0. The zero-order chi connectivity index (χ0) is 27.1. The molecule has 0 saturated carbocycles. The fourth-order valence-electron chi connectivity index (χ4n) is 4.35. The van der Waals surface area contributed by atoms with Crippen molar-refractivity contribution in [3.05, 3.63) is 83.7 Å². The molecule has 1 fully saturated rings. The van der Waals surface area contributed by atoms with Gasteiger partial charge in [0.1, 0.15) is 22.3 Å². The molecular formula is C29H31ClN4O4. The highest BCUT2D eigenvalue weighted by Gasteiger charge is 2.25. The van der Waals surface area contributed by atoms with Gasteiger partial charge >= 0.3 is 0 Å². The number of carbonyl (C=O) groups is 1. The van der Waals surface area contributed by atoms with E-state index >= 15 is 0 Å². The second-order valence-corrected chi connectivity index (χ2v) is 9.17. The zero-order valence-electron chi connectivity index (χ0n) is 21.5. The van der Waals surface area contributed by atoms with Crippen LogP contribution in [-0.2, 0) is 4.79 Å². The smallest absolute Gasteiger partial charge is 0.245 e. The van der Waals surface area contributed by atoms with Crippen molar-refractivity contribution in [1.82, 2.24) is 9.88 Å². The summed E-state index contributed by atoms with van der Waals surface area (Å²) < 4.78 is 17.0. The van der Waals surface area contributed by atoms with E-state index in [2.05, 4.69) is 16.9 Å². The molecule has 8 nitrogen and oxygen atoms in total. The predicted octanol–water partition coefficient (Wildman–Crippen LogP) is 5.80. The fourth-order valence-corrected chi connectivity index (χ4v) is 4.59. The molecule has 9 heteroatoms. The molecule has 1 amide bonds. The molecule has 0 radical (unpaired) electrons. The number of hydrogen-bond acceptors (Lipinski definition) is 7. The molecule has 0 aliphatic carbocycles. The molecule has 2 N–H and O–H groups in total. The third-order valence-corrected chi connectivity index (χ3v) is 6.71. The second-order valence-electron chi connectivity index (χ2n) is 8.79. The number of amides is 1. The number of likely N-dealkylation sites (tertiary alicyclic amines) is 1. The average Bonchev–Trinajstić information content (AvgIpc) is 3.42. The Labute approximate surface area is 227 Å². The first kappa shape index (κ1) is 27.0. The number of hydrogen-bond donors (Lipinski definition) is 2. The number of aromatic nitrogens is 1. The highest BCUT2D eigenvalue weighted by atomic mass is 35.5. The molecule has 38 heavy (non-hydrogen) atoms. The van der Waals surface area contributed by atoms with Gasteiger partial charge in [-0.3, -0.25) is 15.2 Å². The Bertz CT molecular complexity index is 1310. The van der Waals surface area contributed by atoms with Gasteiger partial charge in [-0.25, -0.2) is 0 Å². The van der Waals surface area contributed by atoms with Crippen LogP contribution in [0.3, 0.4) is 0 Å². The zero-order valence-corrected chi connectivity index (χ0v) is 22.3. The van der Waals surface area contributed by atoms with E-state index in [9.17, 15) is 4.79 Å². The lowest BCUT2D eigenvalue weighted by Crippen LogP contribution is -2.28. The summed E-state index contributed by atoms with van der Waals surface area (Å²) >= 11 is 6.35. The van der Waals surface area contributed by atoms with E-state index in [1.54, 1.807) is 54.7 Å². The van der Waals surface area contributed by atoms with Gasteiger partial charge < -0.3 is 24.4 Å². The molecule has 4 rings (SSSR count). The topological polar surface area (TPSA) is 96.8 Å². The van der Waals surface area contributed by atoms with Crippen molar-refractivity contribution in [2.45, 2.75) is 13.3 Å². The van der Waals surface area contributed by atoms with E-state index in [0.29, 0.717) is 76.8 Å². The van der Waals surface area contributed by atoms with Crippen LogP contribution in [0.15, 0.2) is 67.5 Å². The monoisotopic (exact) mass is 534 g/mol. The highest BCUT2D eigenvalue weighted by molar-refractivity contribution is 6.33. The number of nitrogens with zero attached hydrogens (tertiary/aromatic N) is 2. The predicted molar refractivity (Wildman–Crippen MR) is 149 cm³/mol. The Kier molecular flexibility index (Phi) is 8.86. The number of anilines is 1. The molecule has 1 aliphatic rings. The normalized spacial score (nSPS) is 14.6. The average molecular weight is 535 g/mol. The number of methoxy groups -OCH3 is 1. The van der Waals surface area contributed by atoms with Crippen molar-refractivity contribution in [2.24, 2.45) is 5.92 Å². The summed E-state index contributed by atoms with van der Waals surface area (Å²) in [5.41, 5.74) is 2.32. The SMILES string of the molecule is C=CC(=O)N1CCC(CNc2c(OCC)cncc2C(=N)c2ccc(Oc3cccc(OC)c3Cl)cc2)C1. The largest absolute Gasteiger partial charge is 0.495 e. The molecular weight excluding hydrogens is 504 g/mol. The molecule has 1 atom stereocenters. The van der Waals surface area contributed by atoms with Crippen LogP contribution in [0.4, 0.5) is 5.69 Å². The summed E-state index contributed by atoms with van der Waals surface area (Å²) in [5, 5.41) is 12.8. The minimum Gasteiger partial charge on any atom is -0.495 e. The van der Waals surface area contributed by atoms with E-state index in [-0.39, 0.29) is 11.8 Å². The fraction of sp³-hybridized carbons (Fsp3) is 0.276. The number of carbonyl (C=O) groups excluding carboxylic acids is 1. The van der Waals surface area contributed by atoms with Crippen molar-refractivity contribution < 1.29 is 19.0 Å². The van der Waals surface area contributed by atoms with Crippen LogP contribution in [0.2, 0.25) is 5.02 Å². The molecule has 2 aromatic carbocycles. The van der Waals surface area contributed by atoms with Gasteiger partial charge in [0.15, 0.2) is 5.75 Å². The van der Waals surface area contributed by atoms with Crippen LogP contribution in [-0.4, -0.2) is 54.9 Å². The van der Waals surface area contributed by atoms with Crippen LogP contribution in [0.1, 0.15) is 24.5 Å². The van der Waals surface area contributed by atoms with Gasteiger partial charge in [-0.2, -0.15) is 0 Å². The van der Waals surface area contributed by atoms with E-state index < -0.39 is 0 Å². The summed E-state index contributed by atoms with van der Waals surface area (Å²) in [6.07, 6.45) is 5.56. The Morgan fingerprint density at radius 2 is 1.97 bits per heavy atom. The first-order chi connectivity index (χ1) is 18.4. The summed E-state index contributed by atoms with van der Waals surface area (Å²) in [6, 6.07) is 12.5. The van der Waals surface area contributed by atoms with E-state index in [4.69, 9.17) is 31.2 Å². The molecule has 198 valence electrons. The highest BCUT2D eigenvalue weighted by Crippen LogP contribution is 2.36. The minimum atomic E-state index is -0.0463. The van der Waals surface area contributed by atoms with Crippen molar-refractivity contribution in [2.75, 3.05) is 38.7 Å². The van der Waals surface area contributed by atoms with Crippen LogP contribution in [0, 0.1) is 11.3 Å². The first-order valence-electron chi connectivity index (χ1n) is 12.4. The minimum absolute atomic E-state index is 0.0463. The Morgan fingerprint density at radius 3 is 2.68 bits per heavy atom. The van der Waals surface area contributed by atoms with Gasteiger partial charge in [-0.15, -0.1) is 0 Å². The Morgan fingerprint density at radius 1 is 1.21 bits per heavy atom. The van der Waals surface area contributed by atoms with Crippen molar-refractivity contribution >= 4 is 28.9 Å². The van der Waals surface area contributed by atoms with Gasteiger partial charge in [0.2, 0.25) is 5.91 Å². The Balaban J connectivity index is 1.51. The van der Waals surface area contributed by atoms with Crippen LogP contribution < -0.4 is 19.5 Å². The van der Waals surface area contributed by atoms with Crippen molar-refractivity contribution in [3.63, 3.8) is 0 Å². The number of rotatable bonds is 11. The van der Waals surface area contributed by atoms with Gasteiger partial charge in [-0.1, -0.05) is 24.2 Å². The third-order valence-electron chi connectivity index (χ3n) is 6.34. The van der Waals surface area contributed by atoms with Gasteiger partial charge in [0.25, 0.3) is 0 Å². The van der Waals surface area contributed by atoms with Crippen LogP contribution in [0.25, 0.3) is 0 Å². The van der Waals surface area contributed by atoms with E-state index in [0.717, 1.165) is 6.42 Å². The van der Waals surface area contributed by atoms with E-state index in [1.807, 2.05) is 19.1 Å². The number of pyridine rings is 1. The number of halogens is 1. The van der Waals surface area contributed by atoms with Gasteiger partial charge in [0, 0.05) is 37.0 Å². The van der Waals surface area contributed by atoms with Crippen molar-refractivity contribution in [1.29, 1.82) is 5.41 Å². The molecule has 3 aromatic rings. The molecule has 1 aliphatic heterocycles. The number of ether oxygens (including phenoxy) is 3. The second kappa shape index (κ2) is 12.5. The van der Waals surface area contributed by atoms with Crippen molar-refractivity contribution in [3.8, 4) is 23.0 Å². The summed E-state index contributed by atoms with van der Waals surface area (Å²) in [4.78, 5) is 18.1. The molecule has 0 bridgehead atoms. The first-order valence-corrected chi connectivity index (χ1v) is 12.8. The molecule has 1 unspecified atom stereocenters. The lowest BCUT2D eigenvalue weighted by Gasteiger charge is -2.19. The summed E-state index contributed by atoms with van der Waals surface area (Å²) in [7, 11) is 1.55. The standard InChI is InChI=1S/C29H31ClN4O4/c1-4-26(35)34-14-13-19(18-34)15-33-29-22(16-32-17-25(29)37-5-2)28(31)20-9-11-21(12-10-20)38-24-8-6-7-23(36-3)27(24)30/h4,6-12,16-17,19,31H,1,5,13-15,18H2,2-3H3,(H,32,33). The number of nitrogens with one attached hydrogen (secondary N) is 2. The maximum Gasteiger partial charge on any atom is 0.245 e. The van der Waals surface area contributed by atoms with Crippen LogP contribution in [0.5, 0.6) is 23.0 Å². The summed E-state index contributed by atoms with van der Waals surface area (Å²) in [6.45, 7) is 7.97. The molecule has 1 aromatic heterocycles. The van der Waals surface area contributed by atoms with Gasteiger partial charge in [0.05, 0.1) is 31.3 Å². The van der Waals surface area contributed by atoms with Crippen LogP contribution >= 0.6 is 11.6 Å². The quantitative estimate of drug-likeness (QED) is 0.238.